The first-order valence-corrected chi connectivity index (χ1v) is 9.32. The molecule has 1 aromatic heterocycles. The number of carboxylic acids is 1. The Balaban J connectivity index is 1.44. The molecule has 0 fully saturated rings. The number of carboxylic acid groups (broad SMARTS) is 1. The van der Waals surface area contributed by atoms with E-state index in [9.17, 15) is 14.7 Å². The quantitative estimate of drug-likeness (QED) is 0.695. The third-order valence-electron chi connectivity index (χ3n) is 5.41. The van der Waals surface area contributed by atoms with Crippen LogP contribution in [0.1, 0.15) is 38.8 Å². The van der Waals surface area contributed by atoms with Crippen LogP contribution in [0.4, 0.5) is 4.79 Å². The minimum absolute atomic E-state index is 0.0251. The summed E-state index contributed by atoms with van der Waals surface area (Å²) in [7, 11) is 1.67. The molecule has 7 heteroatoms. The lowest BCUT2D eigenvalue weighted by molar-refractivity contribution is 0.0687. The van der Waals surface area contributed by atoms with Crippen molar-refractivity contribution < 1.29 is 19.4 Å². The van der Waals surface area contributed by atoms with Gasteiger partial charge in [0.2, 0.25) is 0 Å². The fourth-order valence-corrected chi connectivity index (χ4v) is 3.85. The van der Waals surface area contributed by atoms with Crippen LogP contribution < -0.4 is 5.32 Å². The molecule has 0 saturated carbocycles. The fraction of sp³-hybridized carbons (Fsp3) is 0.227. The highest BCUT2D eigenvalue weighted by molar-refractivity contribution is 5.87. The fourth-order valence-electron chi connectivity index (χ4n) is 3.85. The molecular weight excluding hydrogens is 370 g/mol. The van der Waals surface area contributed by atoms with E-state index in [1.54, 1.807) is 14.0 Å². The smallest absolute Gasteiger partial charge is 0.407 e. The zero-order valence-corrected chi connectivity index (χ0v) is 16.2. The van der Waals surface area contributed by atoms with Gasteiger partial charge in [-0.3, -0.25) is 4.68 Å². The van der Waals surface area contributed by atoms with Crippen molar-refractivity contribution in [3.63, 3.8) is 0 Å². The lowest BCUT2D eigenvalue weighted by Crippen LogP contribution is -2.26. The Morgan fingerprint density at radius 3 is 2.28 bits per heavy atom. The molecule has 29 heavy (non-hydrogen) atoms. The first-order chi connectivity index (χ1) is 14.0. The van der Waals surface area contributed by atoms with Crippen LogP contribution >= 0.6 is 0 Å². The number of hydrogen-bond donors (Lipinski definition) is 2. The van der Waals surface area contributed by atoms with Gasteiger partial charge in [-0.05, 0) is 29.2 Å². The van der Waals surface area contributed by atoms with Crippen molar-refractivity contribution in [2.24, 2.45) is 7.05 Å². The van der Waals surface area contributed by atoms with Crippen molar-refractivity contribution in [3.05, 3.63) is 76.6 Å². The molecule has 4 rings (SSSR count). The van der Waals surface area contributed by atoms with Crippen LogP contribution in [0.2, 0.25) is 0 Å². The van der Waals surface area contributed by atoms with E-state index >= 15 is 0 Å². The van der Waals surface area contributed by atoms with Crippen LogP contribution in [-0.4, -0.2) is 33.6 Å². The summed E-state index contributed by atoms with van der Waals surface area (Å²) in [4.78, 5) is 23.6. The minimum Gasteiger partial charge on any atom is -0.476 e. The van der Waals surface area contributed by atoms with Crippen molar-refractivity contribution in [2.45, 2.75) is 19.4 Å². The summed E-state index contributed by atoms with van der Waals surface area (Å²) in [6.45, 7) is 2.00. The molecule has 148 valence electrons. The molecule has 0 aliphatic heterocycles. The Labute approximate surface area is 167 Å². The number of fused-ring (bicyclic) bond motifs is 3. The molecule has 1 amide bonds. The van der Waals surface area contributed by atoms with Crippen LogP contribution in [0.15, 0.2) is 48.5 Å². The molecule has 0 spiro atoms. The SMILES string of the molecule is Cc1c(CNC(=O)OCC2c3ccccc3-c3ccccc32)c(C(=O)O)nn1C. The Kier molecular flexibility index (Phi) is 4.80. The second-order valence-corrected chi connectivity index (χ2v) is 7.02. The van der Waals surface area contributed by atoms with E-state index in [-0.39, 0.29) is 24.8 Å². The number of alkyl carbamates (subject to hydrolysis) is 1. The van der Waals surface area contributed by atoms with Gasteiger partial charge in [0.1, 0.15) is 6.61 Å². The Morgan fingerprint density at radius 1 is 1.10 bits per heavy atom. The average molecular weight is 391 g/mol. The molecule has 7 nitrogen and oxygen atoms in total. The van der Waals surface area contributed by atoms with E-state index in [4.69, 9.17) is 4.74 Å². The van der Waals surface area contributed by atoms with E-state index < -0.39 is 12.1 Å². The van der Waals surface area contributed by atoms with Gasteiger partial charge in [-0.1, -0.05) is 48.5 Å². The Bertz CT molecular complexity index is 1060. The second kappa shape index (κ2) is 7.43. The van der Waals surface area contributed by atoms with Crippen LogP contribution in [0, 0.1) is 6.92 Å². The van der Waals surface area contributed by atoms with Crippen molar-refractivity contribution >= 4 is 12.1 Å². The molecular formula is C22H21N3O4. The molecule has 1 heterocycles. The second-order valence-electron chi connectivity index (χ2n) is 7.02. The van der Waals surface area contributed by atoms with Crippen molar-refractivity contribution in [2.75, 3.05) is 6.61 Å². The van der Waals surface area contributed by atoms with E-state index in [2.05, 4.69) is 34.7 Å². The van der Waals surface area contributed by atoms with Gasteiger partial charge in [0.15, 0.2) is 5.69 Å². The van der Waals surface area contributed by atoms with Gasteiger partial charge in [0.25, 0.3) is 0 Å². The molecule has 2 aromatic carbocycles. The zero-order valence-electron chi connectivity index (χ0n) is 16.2. The van der Waals surface area contributed by atoms with Gasteiger partial charge in [-0.15, -0.1) is 0 Å². The van der Waals surface area contributed by atoms with Gasteiger partial charge < -0.3 is 15.2 Å². The first kappa shape index (κ1) is 18.7. The average Bonchev–Trinajstić information content (AvgIpc) is 3.20. The maximum absolute atomic E-state index is 12.3. The van der Waals surface area contributed by atoms with Crippen LogP contribution in [-0.2, 0) is 18.3 Å². The summed E-state index contributed by atoms with van der Waals surface area (Å²) < 4.78 is 6.97. The van der Waals surface area contributed by atoms with Gasteiger partial charge >= 0.3 is 12.1 Å². The van der Waals surface area contributed by atoms with Crippen molar-refractivity contribution in [3.8, 4) is 11.1 Å². The van der Waals surface area contributed by atoms with Crippen LogP contribution in [0.25, 0.3) is 11.1 Å². The number of aromatic nitrogens is 2. The number of aryl methyl sites for hydroxylation is 1. The highest BCUT2D eigenvalue weighted by Crippen LogP contribution is 2.44. The molecule has 0 bridgehead atoms. The monoisotopic (exact) mass is 391 g/mol. The van der Waals surface area contributed by atoms with Crippen molar-refractivity contribution in [1.82, 2.24) is 15.1 Å². The number of carbonyl (C=O) groups excluding carboxylic acids is 1. The minimum atomic E-state index is -1.13. The molecule has 0 radical (unpaired) electrons. The van der Waals surface area contributed by atoms with E-state index in [0.29, 0.717) is 11.3 Å². The lowest BCUT2D eigenvalue weighted by Gasteiger charge is -2.14. The van der Waals surface area contributed by atoms with Crippen molar-refractivity contribution in [1.29, 1.82) is 0 Å². The standard InChI is InChI=1S/C22H21N3O4/c1-13-18(20(21(26)27)24-25(13)2)11-23-22(28)29-12-19-16-9-5-3-7-14(16)15-8-4-6-10-17(15)19/h3-10,19H,11-12H2,1-2H3,(H,23,28)(H,26,27). The van der Waals surface area contributed by atoms with Gasteiger partial charge in [0, 0.05) is 24.2 Å². The number of carbonyl (C=O) groups is 2. The Morgan fingerprint density at radius 2 is 1.69 bits per heavy atom. The number of aromatic carboxylic acids is 1. The largest absolute Gasteiger partial charge is 0.476 e. The normalized spacial score (nSPS) is 12.3. The summed E-state index contributed by atoms with van der Waals surface area (Å²) in [5.41, 5.74) is 5.68. The maximum atomic E-state index is 12.3. The predicted molar refractivity (Wildman–Crippen MR) is 107 cm³/mol. The summed E-state index contributed by atoms with van der Waals surface area (Å²) in [6, 6.07) is 16.2. The number of nitrogens with zero attached hydrogens (tertiary/aromatic N) is 2. The number of rotatable bonds is 5. The molecule has 0 unspecified atom stereocenters. The van der Waals surface area contributed by atoms with Crippen LogP contribution in [0.3, 0.4) is 0 Å². The maximum Gasteiger partial charge on any atom is 0.407 e. The third kappa shape index (κ3) is 3.35. The Hall–Kier alpha value is -3.61. The highest BCUT2D eigenvalue weighted by atomic mass is 16.5. The topological polar surface area (TPSA) is 93.4 Å². The number of nitrogens with one attached hydrogen (secondary N) is 1. The molecule has 0 saturated heterocycles. The number of ether oxygens (including phenoxy) is 1. The summed E-state index contributed by atoms with van der Waals surface area (Å²) in [5.74, 6) is -1.15. The van der Waals surface area contributed by atoms with Gasteiger partial charge in [-0.2, -0.15) is 5.10 Å². The number of amides is 1. The summed E-state index contributed by atoms with van der Waals surface area (Å²) >= 11 is 0. The molecule has 3 aromatic rings. The lowest BCUT2D eigenvalue weighted by atomic mass is 9.98. The molecule has 2 N–H and O–H groups in total. The summed E-state index contributed by atoms with van der Waals surface area (Å²) in [6.07, 6.45) is -0.591. The molecule has 1 aliphatic carbocycles. The van der Waals surface area contributed by atoms with Crippen LogP contribution in [0.5, 0.6) is 0 Å². The van der Waals surface area contributed by atoms with Gasteiger partial charge in [-0.25, -0.2) is 9.59 Å². The zero-order chi connectivity index (χ0) is 20.5. The third-order valence-corrected chi connectivity index (χ3v) is 5.41. The van der Waals surface area contributed by atoms with E-state index in [1.807, 2.05) is 24.3 Å². The number of hydrogen-bond acceptors (Lipinski definition) is 4. The molecule has 0 atom stereocenters. The first-order valence-electron chi connectivity index (χ1n) is 9.32. The van der Waals surface area contributed by atoms with E-state index in [0.717, 1.165) is 22.3 Å². The summed E-state index contributed by atoms with van der Waals surface area (Å²) in [5, 5.41) is 15.9. The highest BCUT2D eigenvalue weighted by Gasteiger charge is 2.29. The van der Waals surface area contributed by atoms with Gasteiger partial charge in [0.05, 0.1) is 6.54 Å². The van der Waals surface area contributed by atoms with E-state index in [1.165, 1.54) is 4.68 Å². The molecule has 1 aliphatic rings. The number of benzene rings is 2. The predicted octanol–water partition coefficient (Wildman–Crippen LogP) is 3.47.